The Morgan fingerprint density at radius 3 is 1.76 bits per heavy atom. The number of alkyl halides is 9. The van der Waals surface area contributed by atoms with Crippen molar-refractivity contribution in [2.45, 2.75) is 56.2 Å². The number of hydrogen-bond donors (Lipinski definition) is 1. The van der Waals surface area contributed by atoms with Gasteiger partial charge in [0.1, 0.15) is 0 Å². The molecule has 0 fully saturated rings. The maximum absolute atomic E-state index is 13.5. The average Bonchev–Trinajstić information content (AvgIpc) is 2.45. The molecule has 0 aliphatic heterocycles. The van der Waals surface area contributed by atoms with Gasteiger partial charge in [0.05, 0.1) is 6.10 Å². The van der Waals surface area contributed by atoms with Gasteiger partial charge < -0.3 is 5.11 Å². The molecule has 0 saturated heterocycles. The van der Waals surface area contributed by atoms with E-state index < -0.39 is 36.5 Å². The molecule has 1 aromatic rings. The van der Waals surface area contributed by atoms with E-state index >= 15 is 0 Å². The van der Waals surface area contributed by atoms with Crippen molar-refractivity contribution in [3.05, 3.63) is 35.4 Å². The Bertz CT molecular complexity index is 593. The van der Waals surface area contributed by atoms with Crippen LogP contribution in [-0.4, -0.2) is 29.1 Å². The van der Waals surface area contributed by atoms with Crippen LogP contribution in [0.3, 0.4) is 0 Å². The molecule has 0 saturated carbocycles. The monoisotopic (exact) mass is 382 g/mol. The number of aliphatic hydroxyl groups excluding tert-OH is 1. The van der Waals surface area contributed by atoms with Gasteiger partial charge in [-0.2, -0.15) is 39.5 Å². The topological polar surface area (TPSA) is 20.2 Å². The van der Waals surface area contributed by atoms with Crippen molar-refractivity contribution in [3.63, 3.8) is 0 Å². The Balaban J connectivity index is 3.13. The Hall–Kier alpha value is -1.45. The molecule has 25 heavy (non-hydrogen) atoms. The van der Waals surface area contributed by atoms with Gasteiger partial charge in [-0.1, -0.05) is 38.1 Å². The van der Waals surface area contributed by atoms with Crippen LogP contribution in [0.5, 0.6) is 0 Å². The summed E-state index contributed by atoms with van der Waals surface area (Å²) in [6, 6.07) is 5.12. The van der Waals surface area contributed by atoms with Gasteiger partial charge in [-0.25, -0.2) is 0 Å². The molecule has 144 valence electrons. The summed E-state index contributed by atoms with van der Waals surface area (Å²) in [7, 11) is 0. The van der Waals surface area contributed by atoms with Crippen molar-refractivity contribution in [2.24, 2.45) is 0 Å². The summed E-state index contributed by atoms with van der Waals surface area (Å²) in [6.45, 7) is 3.41. The molecule has 1 aromatic carbocycles. The lowest BCUT2D eigenvalue weighted by Crippen LogP contribution is -2.61. The van der Waals surface area contributed by atoms with E-state index in [1.165, 1.54) is 12.1 Å². The van der Waals surface area contributed by atoms with Gasteiger partial charge in [0.25, 0.3) is 0 Å². The molecule has 0 radical (unpaired) electrons. The number of benzene rings is 1. The average molecular weight is 382 g/mol. The highest BCUT2D eigenvalue weighted by Crippen LogP contribution is 2.55. The predicted molar refractivity (Wildman–Crippen MR) is 71.0 cm³/mol. The van der Waals surface area contributed by atoms with E-state index in [1.807, 2.05) is 0 Å². The van der Waals surface area contributed by atoms with Crippen LogP contribution < -0.4 is 0 Å². The van der Waals surface area contributed by atoms with Crippen molar-refractivity contribution in [3.8, 4) is 0 Å². The minimum atomic E-state index is -6.96. The predicted octanol–water partition coefficient (Wildman–Crippen LogP) is 5.70. The van der Waals surface area contributed by atoms with Gasteiger partial charge in [0, 0.05) is 6.42 Å². The van der Waals surface area contributed by atoms with Crippen LogP contribution in [0, 0.1) is 0 Å². The third kappa shape index (κ3) is 4.04. The Morgan fingerprint density at radius 1 is 0.840 bits per heavy atom. The molecule has 1 N–H and O–H groups in total. The standard InChI is InChI=1S/C15H15F9O/c1-8(2)9-4-3-5-10(6-9)11(25)7-12(16,17)13(18,19)14(20,21)15(22,23)24/h3-6,8,11,25H,7H2,1-2H3. The molecule has 1 unspecified atom stereocenters. The summed E-state index contributed by atoms with van der Waals surface area (Å²) in [5.74, 6) is -19.6. The lowest BCUT2D eigenvalue weighted by Gasteiger charge is -2.34. The van der Waals surface area contributed by atoms with Crippen molar-refractivity contribution < 1.29 is 44.6 Å². The fourth-order valence-corrected chi connectivity index (χ4v) is 2.02. The highest BCUT2D eigenvalue weighted by Gasteiger charge is 2.81. The quantitative estimate of drug-likeness (QED) is 0.626. The van der Waals surface area contributed by atoms with Crippen LogP contribution in [0.1, 0.15) is 43.4 Å². The van der Waals surface area contributed by atoms with Crippen molar-refractivity contribution in [2.75, 3.05) is 0 Å². The highest BCUT2D eigenvalue weighted by molar-refractivity contribution is 5.27. The first-order valence-corrected chi connectivity index (χ1v) is 7.02. The van der Waals surface area contributed by atoms with E-state index in [1.54, 1.807) is 19.9 Å². The lowest BCUT2D eigenvalue weighted by atomic mass is 9.93. The third-order valence-corrected chi connectivity index (χ3v) is 3.62. The minimum absolute atomic E-state index is 0.122. The Kier molecular flexibility index (Phi) is 5.78. The number of halogens is 9. The van der Waals surface area contributed by atoms with Crippen LogP contribution in [-0.2, 0) is 0 Å². The van der Waals surface area contributed by atoms with Gasteiger partial charge in [-0.3, -0.25) is 0 Å². The van der Waals surface area contributed by atoms with Crippen LogP contribution >= 0.6 is 0 Å². The molecular weight excluding hydrogens is 367 g/mol. The number of hydrogen-bond acceptors (Lipinski definition) is 1. The molecular formula is C15H15F9O. The molecule has 0 aliphatic rings. The molecule has 0 aliphatic carbocycles. The number of aliphatic hydroxyl groups is 1. The van der Waals surface area contributed by atoms with Gasteiger partial charge in [-0.05, 0) is 17.0 Å². The fourth-order valence-electron chi connectivity index (χ4n) is 2.02. The molecule has 0 bridgehead atoms. The maximum Gasteiger partial charge on any atom is 0.460 e. The van der Waals surface area contributed by atoms with Crippen LogP contribution in [0.2, 0.25) is 0 Å². The molecule has 0 amide bonds. The second kappa shape index (κ2) is 6.69. The molecule has 0 spiro atoms. The highest BCUT2D eigenvalue weighted by atomic mass is 19.4. The SMILES string of the molecule is CC(C)c1cccc(C(O)CC(F)(F)C(F)(F)C(F)(F)C(F)(F)F)c1. The first kappa shape index (κ1) is 21.6. The van der Waals surface area contributed by atoms with Crippen molar-refractivity contribution in [1.82, 2.24) is 0 Å². The largest absolute Gasteiger partial charge is 0.460 e. The van der Waals surface area contributed by atoms with E-state index in [0.717, 1.165) is 6.07 Å². The second-order valence-electron chi connectivity index (χ2n) is 5.90. The van der Waals surface area contributed by atoms with Gasteiger partial charge in [0.2, 0.25) is 0 Å². The Labute approximate surface area is 137 Å². The summed E-state index contributed by atoms with van der Waals surface area (Å²) in [5, 5.41) is 9.65. The summed E-state index contributed by atoms with van der Waals surface area (Å²) >= 11 is 0. The smallest absolute Gasteiger partial charge is 0.388 e. The molecule has 0 heterocycles. The molecule has 0 aromatic heterocycles. The van der Waals surface area contributed by atoms with Crippen LogP contribution in [0.15, 0.2) is 24.3 Å². The minimum Gasteiger partial charge on any atom is -0.388 e. The molecule has 1 rings (SSSR count). The third-order valence-electron chi connectivity index (χ3n) is 3.62. The molecule has 1 nitrogen and oxygen atoms in total. The fraction of sp³-hybridized carbons (Fsp3) is 0.600. The van der Waals surface area contributed by atoms with E-state index in [4.69, 9.17) is 0 Å². The van der Waals surface area contributed by atoms with Crippen LogP contribution in [0.25, 0.3) is 0 Å². The van der Waals surface area contributed by atoms with E-state index in [-0.39, 0.29) is 11.5 Å². The second-order valence-corrected chi connectivity index (χ2v) is 5.90. The molecule has 1 atom stereocenters. The first-order valence-electron chi connectivity index (χ1n) is 7.02. The summed E-state index contributed by atoms with van der Waals surface area (Å²) in [5.41, 5.74) is 0.240. The van der Waals surface area contributed by atoms with Crippen LogP contribution in [0.4, 0.5) is 39.5 Å². The van der Waals surface area contributed by atoms with Gasteiger partial charge >= 0.3 is 23.9 Å². The lowest BCUT2D eigenvalue weighted by molar-refractivity contribution is -0.398. The molecule has 10 heteroatoms. The zero-order chi connectivity index (χ0) is 19.8. The number of rotatable bonds is 6. The van der Waals surface area contributed by atoms with Crippen molar-refractivity contribution in [1.29, 1.82) is 0 Å². The van der Waals surface area contributed by atoms with E-state index in [2.05, 4.69) is 0 Å². The van der Waals surface area contributed by atoms with Crippen molar-refractivity contribution >= 4 is 0 Å². The summed E-state index contributed by atoms with van der Waals surface area (Å²) in [4.78, 5) is 0. The zero-order valence-electron chi connectivity index (χ0n) is 13.0. The van der Waals surface area contributed by atoms with Gasteiger partial charge in [-0.15, -0.1) is 0 Å². The van der Waals surface area contributed by atoms with E-state index in [9.17, 15) is 44.6 Å². The first-order chi connectivity index (χ1) is 11.0. The zero-order valence-corrected chi connectivity index (χ0v) is 13.0. The summed E-state index contributed by atoms with van der Waals surface area (Å²) < 4.78 is 115. The normalized spacial score (nSPS) is 15.6. The summed E-state index contributed by atoms with van der Waals surface area (Å²) in [6.07, 6.45) is -11.5. The Morgan fingerprint density at radius 2 is 1.32 bits per heavy atom. The van der Waals surface area contributed by atoms with Gasteiger partial charge in [0.15, 0.2) is 0 Å². The van der Waals surface area contributed by atoms with E-state index in [0.29, 0.717) is 5.56 Å². The maximum atomic E-state index is 13.5.